The van der Waals surface area contributed by atoms with Crippen LogP contribution in [0.5, 0.6) is 5.75 Å². The second-order valence-electron chi connectivity index (χ2n) is 2.98. The Bertz CT molecular complexity index is 289. The van der Waals surface area contributed by atoms with E-state index in [0.717, 1.165) is 29.5 Å². The van der Waals surface area contributed by atoms with Gasteiger partial charge in [-0.05, 0) is 43.5 Å². The Morgan fingerprint density at radius 1 is 1.43 bits per heavy atom. The summed E-state index contributed by atoms with van der Waals surface area (Å²) in [6.45, 7) is 2.53. The summed E-state index contributed by atoms with van der Waals surface area (Å²) >= 11 is 3.33. The fourth-order valence-corrected chi connectivity index (χ4v) is 1.54. The molecule has 78 valence electrons. The molecule has 0 aliphatic heterocycles. The van der Waals surface area contributed by atoms with Crippen LogP contribution >= 0.6 is 15.9 Å². The van der Waals surface area contributed by atoms with Crippen LogP contribution in [-0.4, -0.2) is 11.9 Å². The van der Waals surface area contributed by atoms with E-state index in [1.54, 1.807) is 12.1 Å². The molecule has 1 nitrogen and oxygen atoms in total. The van der Waals surface area contributed by atoms with Gasteiger partial charge in [0, 0.05) is 5.33 Å². The third kappa shape index (κ3) is 3.29. The lowest BCUT2D eigenvalue weighted by atomic mass is 10.1. The summed E-state index contributed by atoms with van der Waals surface area (Å²) < 4.78 is 18.6. The number of ether oxygens (including phenoxy) is 1. The Kier molecular flexibility index (Phi) is 4.94. The highest BCUT2D eigenvalue weighted by atomic mass is 79.9. The number of halogens is 2. The molecule has 3 heteroatoms. The van der Waals surface area contributed by atoms with E-state index in [9.17, 15) is 4.39 Å². The molecule has 0 spiro atoms. The highest BCUT2D eigenvalue weighted by molar-refractivity contribution is 9.09. The van der Waals surface area contributed by atoms with Gasteiger partial charge in [-0.3, -0.25) is 0 Å². The average molecular weight is 261 g/mol. The largest absolute Gasteiger partial charge is 0.494 e. The molecule has 0 heterocycles. The summed E-state index contributed by atoms with van der Waals surface area (Å²) in [4.78, 5) is 0. The van der Waals surface area contributed by atoms with Crippen LogP contribution in [0.15, 0.2) is 18.2 Å². The lowest BCUT2D eigenvalue weighted by Crippen LogP contribution is -1.96. The van der Waals surface area contributed by atoms with Crippen LogP contribution in [0.4, 0.5) is 4.39 Å². The summed E-state index contributed by atoms with van der Waals surface area (Å²) in [5, 5.41) is 0.894. The first-order valence-electron chi connectivity index (χ1n) is 4.75. The summed E-state index contributed by atoms with van der Waals surface area (Å²) in [6, 6.07) is 4.91. The molecule has 0 aliphatic rings. The summed E-state index contributed by atoms with van der Waals surface area (Å²) in [7, 11) is 0. The van der Waals surface area contributed by atoms with Crippen molar-refractivity contribution in [3.05, 3.63) is 29.6 Å². The number of alkyl halides is 1. The number of benzene rings is 1. The highest BCUT2D eigenvalue weighted by Gasteiger charge is 2.03. The molecule has 0 aromatic heterocycles. The number of hydrogen-bond acceptors (Lipinski definition) is 1. The van der Waals surface area contributed by atoms with Gasteiger partial charge in [0.1, 0.15) is 11.6 Å². The monoisotopic (exact) mass is 260 g/mol. The molecular formula is C11H14BrFO. The van der Waals surface area contributed by atoms with Crippen LogP contribution in [0.25, 0.3) is 0 Å². The van der Waals surface area contributed by atoms with Crippen LogP contribution in [0.2, 0.25) is 0 Å². The van der Waals surface area contributed by atoms with Crippen molar-refractivity contribution in [2.75, 3.05) is 11.9 Å². The van der Waals surface area contributed by atoms with Crippen LogP contribution in [0, 0.1) is 5.82 Å². The predicted octanol–water partition coefficient (Wildman–Crippen LogP) is 3.55. The topological polar surface area (TPSA) is 9.23 Å². The normalized spacial score (nSPS) is 10.2. The molecule has 1 aromatic carbocycles. The SMILES string of the molecule is CCOc1ccc(F)c(CCCBr)c1. The van der Waals surface area contributed by atoms with Gasteiger partial charge in [-0.15, -0.1) is 0 Å². The highest BCUT2D eigenvalue weighted by Crippen LogP contribution is 2.18. The van der Waals surface area contributed by atoms with Gasteiger partial charge in [-0.2, -0.15) is 0 Å². The lowest BCUT2D eigenvalue weighted by Gasteiger charge is -2.06. The van der Waals surface area contributed by atoms with Crippen molar-refractivity contribution in [3.8, 4) is 5.75 Å². The zero-order chi connectivity index (χ0) is 10.4. The molecule has 0 bridgehead atoms. The fraction of sp³-hybridized carbons (Fsp3) is 0.455. The zero-order valence-electron chi connectivity index (χ0n) is 8.22. The molecule has 1 rings (SSSR count). The van der Waals surface area contributed by atoms with Crippen LogP contribution < -0.4 is 4.74 Å². The third-order valence-electron chi connectivity index (χ3n) is 1.91. The van der Waals surface area contributed by atoms with Gasteiger partial charge >= 0.3 is 0 Å². The Labute approximate surface area is 92.4 Å². The second kappa shape index (κ2) is 6.02. The molecule has 0 saturated carbocycles. The van der Waals surface area contributed by atoms with Crippen molar-refractivity contribution in [2.24, 2.45) is 0 Å². The molecule has 0 aliphatic carbocycles. The van der Waals surface area contributed by atoms with Crippen molar-refractivity contribution in [2.45, 2.75) is 19.8 Å². The minimum atomic E-state index is -0.144. The van der Waals surface area contributed by atoms with E-state index in [1.807, 2.05) is 6.92 Å². The minimum absolute atomic E-state index is 0.144. The van der Waals surface area contributed by atoms with Gasteiger partial charge < -0.3 is 4.74 Å². The second-order valence-corrected chi connectivity index (χ2v) is 3.77. The Balaban J connectivity index is 2.74. The van der Waals surface area contributed by atoms with Gasteiger partial charge in [0.2, 0.25) is 0 Å². The first kappa shape index (κ1) is 11.5. The first-order chi connectivity index (χ1) is 6.77. The van der Waals surface area contributed by atoms with Gasteiger partial charge in [-0.25, -0.2) is 4.39 Å². The predicted molar refractivity (Wildman–Crippen MR) is 59.7 cm³/mol. The summed E-state index contributed by atoms with van der Waals surface area (Å²) in [5.41, 5.74) is 0.732. The Morgan fingerprint density at radius 3 is 2.86 bits per heavy atom. The van der Waals surface area contributed by atoms with E-state index in [0.29, 0.717) is 6.61 Å². The molecule has 0 unspecified atom stereocenters. The third-order valence-corrected chi connectivity index (χ3v) is 2.47. The van der Waals surface area contributed by atoms with E-state index >= 15 is 0 Å². The molecule has 0 amide bonds. The zero-order valence-corrected chi connectivity index (χ0v) is 9.81. The standard InChI is InChI=1S/C11H14BrFO/c1-2-14-10-5-6-11(13)9(8-10)4-3-7-12/h5-6,8H,2-4,7H2,1H3. The van der Waals surface area contributed by atoms with Crippen molar-refractivity contribution in [3.63, 3.8) is 0 Å². The van der Waals surface area contributed by atoms with Crippen molar-refractivity contribution in [1.29, 1.82) is 0 Å². The van der Waals surface area contributed by atoms with E-state index in [4.69, 9.17) is 4.74 Å². The fourth-order valence-electron chi connectivity index (χ4n) is 1.26. The van der Waals surface area contributed by atoms with Crippen LogP contribution in [0.3, 0.4) is 0 Å². The van der Waals surface area contributed by atoms with Gasteiger partial charge in [0.15, 0.2) is 0 Å². The lowest BCUT2D eigenvalue weighted by molar-refractivity contribution is 0.339. The molecule has 0 saturated heterocycles. The molecule has 0 radical (unpaired) electrons. The van der Waals surface area contributed by atoms with Gasteiger partial charge in [0.05, 0.1) is 6.61 Å². The number of rotatable bonds is 5. The first-order valence-corrected chi connectivity index (χ1v) is 5.87. The Hall–Kier alpha value is -0.570. The van der Waals surface area contributed by atoms with Crippen LogP contribution in [0.1, 0.15) is 18.9 Å². The maximum Gasteiger partial charge on any atom is 0.126 e. The summed E-state index contributed by atoms with van der Waals surface area (Å²) in [6.07, 6.45) is 1.69. The molecule has 0 atom stereocenters. The Morgan fingerprint density at radius 2 is 2.21 bits per heavy atom. The van der Waals surface area contributed by atoms with Crippen molar-refractivity contribution in [1.82, 2.24) is 0 Å². The summed E-state index contributed by atoms with van der Waals surface area (Å²) in [5.74, 6) is 0.605. The van der Waals surface area contributed by atoms with Gasteiger partial charge in [-0.1, -0.05) is 15.9 Å². The maximum absolute atomic E-state index is 13.3. The van der Waals surface area contributed by atoms with Crippen molar-refractivity contribution < 1.29 is 9.13 Å². The molecular weight excluding hydrogens is 247 g/mol. The van der Waals surface area contributed by atoms with E-state index in [2.05, 4.69) is 15.9 Å². The van der Waals surface area contributed by atoms with E-state index in [1.165, 1.54) is 6.07 Å². The van der Waals surface area contributed by atoms with Gasteiger partial charge in [0.25, 0.3) is 0 Å². The quantitative estimate of drug-likeness (QED) is 0.736. The molecule has 0 N–H and O–H groups in total. The molecule has 1 aromatic rings. The van der Waals surface area contributed by atoms with Crippen LogP contribution in [-0.2, 0) is 6.42 Å². The smallest absolute Gasteiger partial charge is 0.126 e. The number of aryl methyl sites for hydroxylation is 1. The minimum Gasteiger partial charge on any atom is -0.494 e. The molecule has 0 fully saturated rings. The van der Waals surface area contributed by atoms with E-state index < -0.39 is 0 Å². The maximum atomic E-state index is 13.3. The van der Waals surface area contributed by atoms with E-state index in [-0.39, 0.29) is 5.82 Å². The number of hydrogen-bond donors (Lipinski definition) is 0. The average Bonchev–Trinajstić information content (AvgIpc) is 2.19. The van der Waals surface area contributed by atoms with Crippen molar-refractivity contribution >= 4 is 15.9 Å². The molecule has 14 heavy (non-hydrogen) atoms.